The first-order valence-electron chi connectivity index (χ1n) is 6.96. The Morgan fingerprint density at radius 1 is 1.10 bits per heavy atom. The lowest BCUT2D eigenvalue weighted by Gasteiger charge is -2.14. The van der Waals surface area contributed by atoms with Crippen LogP contribution < -0.4 is 5.32 Å². The van der Waals surface area contributed by atoms with E-state index in [9.17, 15) is 4.79 Å². The van der Waals surface area contributed by atoms with E-state index in [2.05, 4.69) is 23.5 Å². The van der Waals surface area contributed by atoms with Crippen LogP contribution in [0.5, 0.6) is 0 Å². The highest BCUT2D eigenvalue weighted by molar-refractivity contribution is 6.01. The Morgan fingerprint density at radius 2 is 1.80 bits per heavy atom. The van der Waals surface area contributed by atoms with Crippen LogP contribution in [-0.4, -0.2) is 11.8 Å². The first-order valence-corrected chi connectivity index (χ1v) is 6.96. The molecule has 0 amide bonds. The fourth-order valence-corrected chi connectivity index (χ4v) is 2.28. The second-order valence-corrected chi connectivity index (χ2v) is 5.27. The number of nitrogens with one attached hydrogen (secondary N) is 1. The fourth-order valence-electron chi connectivity index (χ4n) is 2.28. The molecular weight excluding hydrogens is 246 g/mol. The second kappa shape index (κ2) is 6.49. The summed E-state index contributed by atoms with van der Waals surface area (Å²) in [6.45, 7) is 6.66. The normalized spacial score (nSPS) is 12.2. The van der Waals surface area contributed by atoms with Crippen molar-refractivity contribution in [2.24, 2.45) is 0 Å². The van der Waals surface area contributed by atoms with Gasteiger partial charge < -0.3 is 5.32 Å². The highest BCUT2D eigenvalue weighted by Crippen LogP contribution is 2.13. The van der Waals surface area contributed by atoms with E-state index >= 15 is 0 Å². The van der Waals surface area contributed by atoms with Crippen LogP contribution in [0.3, 0.4) is 0 Å². The molecule has 20 heavy (non-hydrogen) atoms. The minimum absolute atomic E-state index is 0.151. The van der Waals surface area contributed by atoms with Gasteiger partial charge in [0.2, 0.25) is 0 Å². The molecule has 0 heterocycles. The molecule has 2 heteroatoms. The molecule has 0 saturated carbocycles. The van der Waals surface area contributed by atoms with Crippen LogP contribution in [-0.2, 0) is 6.54 Å². The molecule has 104 valence electrons. The lowest BCUT2D eigenvalue weighted by Crippen LogP contribution is -2.33. The van der Waals surface area contributed by atoms with Gasteiger partial charge in [-0.2, -0.15) is 0 Å². The van der Waals surface area contributed by atoms with Crippen LogP contribution in [0, 0.1) is 13.8 Å². The van der Waals surface area contributed by atoms with E-state index in [1.165, 1.54) is 11.1 Å². The van der Waals surface area contributed by atoms with Gasteiger partial charge in [-0.05, 0) is 31.9 Å². The number of hydrogen-bond acceptors (Lipinski definition) is 2. The van der Waals surface area contributed by atoms with Crippen molar-refractivity contribution in [2.45, 2.75) is 33.4 Å². The first-order chi connectivity index (χ1) is 9.58. The number of Topliss-reactive ketones (excluding diaryl/α,β-unsaturated/α-hetero) is 1. The Balaban J connectivity index is 2.01. The van der Waals surface area contributed by atoms with Gasteiger partial charge in [0.15, 0.2) is 5.78 Å². The van der Waals surface area contributed by atoms with Crippen molar-refractivity contribution in [1.29, 1.82) is 0 Å². The summed E-state index contributed by atoms with van der Waals surface area (Å²) in [5.74, 6) is 0.151. The van der Waals surface area contributed by atoms with E-state index < -0.39 is 0 Å². The predicted octanol–water partition coefficient (Wildman–Crippen LogP) is 3.66. The van der Waals surface area contributed by atoms with Crippen LogP contribution in [0.25, 0.3) is 0 Å². The second-order valence-electron chi connectivity index (χ2n) is 5.27. The predicted molar refractivity (Wildman–Crippen MR) is 83.0 cm³/mol. The van der Waals surface area contributed by atoms with Crippen molar-refractivity contribution in [3.63, 3.8) is 0 Å². The van der Waals surface area contributed by atoms with Gasteiger partial charge in [-0.25, -0.2) is 0 Å². The summed E-state index contributed by atoms with van der Waals surface area (Å²) in [5.41, 5.74) is 4.23. The lowest BCUT2D eigenvalue weighted by atomic mass is 9.98. The van der Waals surface area contributed by atoms with Gasteiger partial charge in [-0.1, -0.05) is 54.1 Å². The standard InChI is InChI=1S/C18H21NO/c1-13-9-10-17(14(2)11-13)18(20)15(3)19-12-16-7-5-4-6-8-16/h4-11,15,19H,12H2,1-3H3. The smallest absolute Gasteiger partial charge is 0.179 e. The summed E-state index contributed by atoms with van der Waals surface area (Å²) >= 11 is 0. The van der Waals surface area contributed by atoms with E-state index in [1.807, 2.05) is 51.1 Å². The quantitative estimate of drug-likeness (QED) is 0.838. The van der Waals surface area contributed by atoms with Gasteiger partial charge >= 0.3 is 0 Å². The zero-order chi connectivity index (χ0) is 14.5. The summed E-state index contributed by atoms with van der Waals surface area (Å²) < 4.78 is 0. The first kappa shape index (κ1) is 14.5. The minimum atomic E-state index is -0.184. The number of carbonyl (C=O) groups excluding carboxylic acids is 1. The molecule has 1 atom stereocenters. The maximum absolute atomic E-state index is 12.4. The van der Waals surface area contributed by atoms with Crippen molar-refractivity contribution < 1.29 is 4.79 Å². The minimum Gasteiger partial charge on any atom is -0.303 e. The molecule has 0 aliphatic rings. The third kappa shape index (κ3) is 3.55. The molecule has 1 unspecified atom stereocenters. The summed E-state index contributed by atoms with van der Waals surface area (Å²) in [4.78, 5) is 12.4. The Bertz CT molecular complexity index is 590. The molecule has 0 aromatic heterocycles. The SMILES string of the molecule is Cc1ccc(C(=O)C(C)NCc2ccccc2)c(C)c1. The van der Waals surface area contributed by atoms with Crippen LogP contribution in [0.4, 0.5) is 0 Å². The third-order valence-corrected chi connectivity index (χ3v) is 3.50. The Hall–Kier alpha value is -1.93. The molecule has 1 N–H and O–H groups in total. The summed E-state index contributed by atoms with van der Waals surface area (Å²) in [5, 5.41) is 3.29. The Morgan fingerprint density at radius 3 is 2.45 bits per heavy atom. The molecule has 0 fully saturated rings. The third-order valence-electron chi connectivity index (χ3n) is 3.50. The topological polar surface area (TPSA) is 29.1 Å². The van der Waals surface area contributed by atoms with E-state index in [-0.39, 0.29) is 11.8 Å². The number of ketones is 1. The summed E-state index contributed by atoms with van der Waals surface area (Å²) in [6.07, 6.45) is 0. The largest absolute Gasteiger partial charge is 0.303 e. The van der Waals surface area contributed by atoms with E-state index in [0.717, 1.165) is 11.1 Å². The highest BCUT2D eigenvalue weighted by Gasteiger charge is 2.16. The molecule has 2 aromatic carbocycles. The molecule has 2 nitrogen and oxygen atoms in total. The molecule has 0 saturated heterocycles. The number of benzene rings is 2. The molecule has 0 radical (unpaired) electrons. The fraction of sp³-hybridized carbons (Fsp3) is 0.278. The lowest BCUT2D eigenvalue weighted by molar-refractivity contribution is 0.0949. The summed E-state index contributed by atoms with van der Waals surface area (Å²) in [6, 6.07) is 15.9. The van der Waals surface area contributed by atoms with Crippen LogP contribution in [0.1, 0.15) is 34.0 Å². The van der Waals surface area contributed by atoms with E-state index in [4.69, 9.17) is 0 Å². The molecule has 0 aliphatic heterocycles. The summed E-state index contributed by atoms with van der Waals surface area (Å²) in [7, 11) is 0. The zero-order valence-electron chi connectivity index (χ0n) is 12.3. The van der Waals surface area contributed by atoms with Crippen LogP contribution in [0.2, 0.25) is 0 Å². The monoisotopic (exact) mass is 267 g/mol. The molecule has 2 aromatic rings. The van der Waals surface area contributed by atoms with Crippen molar-refractivity contribution in [3.05, 3.63) is 70.8 Å². The van der Waals surface area contributed by atoms with Crippen molar-refractivity contribution >= 4 is 5.78 Å². The number of carbonyl (C=O) groups is 1. The van der Waals surface area contributed by atoms with Crippen LogP contribution in [0.15, 0.2) is 48.5 Å². The Labute approximate surface area is 120 Å². The molecule has 0 bridgehead atoms. The van der Waals surface area contributed by atoms with Gasteiger partial charge in [0.1, 0.15) is 0 Å². The molecule has 0 aliphatic carbocycles. The molecule has 0 spiro atoms. The Kier molecular flexibility index (Phi) is 4.70. The molecule has 2 rings (SSSR count). The van der Waals surface area contributed by atoms with Crippen molar-refractivity contribution in [3.8, 4) is 0 Å². The van der Waals surface area contributed by atoms with Crippen molar-refractivity contribution in [1.82, 2.24) is 5.32 Å². The van der Waals surface area contributed by atoms with Crippen LogP contribution >= 0.6 is 0 Å². The average molecular weight is 267 g/mol. The van der Waals surface area contributed by atoms with E-state index in [1.54, 1.807) is 0 Å². The number of rotatable bonds is 5. The maximum atomic E-state index is 12.4. The highest BCUT2D eigenvalue weighted by atomic mass is 16.1. The van der Waals surface area contributed by atoms with Gasteiger partial charge in [-0.15, -0.1) is 0 Å². The van der Waals surface area contributed by atoms with Gasteiger partial charge in [0, 0.05) is 12.1 Å². The van der Waals surface area contributed by atoms with Crippen molar-refractivity contribution in [2.75, 3.05) is 0 Å². The zero-order valence-corrected chi connectivity index (χ0v) is 12.3. The van der Waals surface area contributed by atoms with Gasteiger partial charge in [0.25, 0.3) is 0 Å². The number of hydrogen-bond donors (Lipinski definition) is 1. The van der Waals surface area contributed by atoms with Gasteiger partial charge in [-0.3, -0.25) is 4.79 Å². The molecular formula is C18H21NO. The maximum Gasteiger partial charge on any atom is 0.179 e. The average Bonchev–Trinajstić information content (AvgIpc) is 2.45. The van der Waals surface area contributed by atoms with Gasteiger partial charge in [0.05, 0.1) is 6.04 Å². The number of aryl methyl sites for hydroxylation is 2. The van der Waals surface area contributed by atoms with E-state index in [0.29, 0.717) is 6.54 Å².